The summed E-state index contributed by atoms with van der Waals surface area (Å²) >= 11 is 0. The molecule has 0 heterocycles. The number of carbonyl (C=O) groups excluding carboxylic acids is 1. The van der Waals surface area contributed by atoms with Crippen LogP contribution in [-0.2, 0) is 4.74 Å². The largest absolute Gasteiger partial charge is 0.497 e. The number of carbonyl (C=O) groups is 1. The Morgan fingerprint density at radius 2 is 0.776 bits per heavy atom. The zero-order valence-electron chi connectivity index (χ0n) is 29.3. The van der Waals surface area contributed by atoms with Gasteiger partial charge in [0.2, 0.25) is 11.6 Å². The summed E-state index contributed by atoms with van der Waals surface area (Å²) in [5, 5.41) is 0. The molecule has 0 amide bonds. The number of hydrogen-bond acceptors (Lipinski definition) is 5. The molecule has 5 nitrogen and oxygen atoms in total. The standard InChI is InChI=1S/C41H22F12O5/c1-55-21-9-5-18(6-10-21)39(19-7-11-22(56-2)12-8-19)57-23-13-3-17(4-14-23)20-15-24(42)26(25(43)16-20)41(54)58-40(27-29(44)33(48)37(52)34(49)30(27)45)28-31(46)35(50)38(53)36(51)32(28)47/h3-16,39-40H,1-2H3. The maximum atomic E-state index is 15.5. The molecule has 0 saturated carbocycles. The summed E-state index contributed by atoms with van der Waals surface area (Å²) in [6.07, 6.45) is -4.37. The molecule has 300 valence electrons. The van der Waals surface area contributed by atoms with Crippen LogP contribution in [0.2, 0.25) is 0 Å². The number of hydrogen-bond donors (Lipinski definition) is 0. The van der Waals surface area contributed by atoms with E-state index < -0.39 is 105 Å². The summed E-state index contributed by atoms with van der Waals surface area (Å²) in [6.45, 7) is 0. The first-order valence-corrected chi connectivity index (χ1v) is 16.3. The van der Waals surface area contributed by atoms with Gasteiger partial charge in [-0.1, -0.05) is 36.4 Å². The first-order valence-electron chi connectivity index (χ1n) is 16.3. The van der Waals surface area contributed by atoms with Crippen molar-refractivity contribution in [3.63, 3.8) is 0 Å². The molecule has 17 heteroatoms. The summed E-state index contributed by atoms with van der Waals surface area (Å²) in [4.78, 5) is 13.1. The molecular weight excluding hydrogens is 800 g/mol. The number of ether oxygens (including phenoxy) is 4. The lowest BCUT2D eigenvalue weighted by Crippen LogP contribution is -2.23. The SMILES string of the molecule is COc1ccc(C(Oc2ccc(-c3cc(F)c(C(=O)OC(c4c(F)c(F)c(F)c(F)c4F)c4c(F)c(F)c(F)c(F)c4F)c(F)c3)cc2)c2ccc(OC)cc2)cc1. The van der Waals surface area contributed by atoms with E-state index in [1.54, 1.807) is 48.5 Å². The third kappa shape index (κ3) is 7.58. The molecule has 0 saturated heterocycles. The van der Waals surface area contributed by atoms with Crippen LogP contribution in [0.15, 0.2) is 84.9 Å². The van der Waals surface area contributed by atoms with Crippen LogP contribution in [0.1, 0.15) is 44.8 Å². The molecule has 6 aromatic rings. The summed E-state index contributed by atoms with van der Waals surface area (Å²) in [5.41, 5.74) is -5.31. The molecule has 6 rings (SSSR count). The summed E-state index contributed by atoms with van der Waals surface area (Å²) in [7, 11) is 3.00. The normalized spacial score (nSPS) is 11.3. The van der Waals surface area contributed by atoms with Crippen LogP contribution >= 0.6 is 0 Å². The van der Waals surface area contributed by atoms with Gasteiger partial charge in [0, 0.05) is 0 Å². The zero-order chi connectivity index (χ0) is 42.2. The van der Waals surface area contributed by atoms with Gasteiger partial charge in [-0.05, 0) is 70.8 Å². The van der Waals surface area contributed by atoms with Crippen LogP contribution in [0.5, 0.6) is 17.2 Å². The molecule has 6 aromatic carbocycles. The lowest BCUT2D eigenvalue weighted by molar-refractivity contribution is 0.0334. The van der Waals surface area contributed by atoms with Crippen molar-refractivity contribution in [2.45, 2.75) is 12.2 Å². The fourth-order valence-corrected chi connectivity index (χ4v) is 5.82. The second kappa shape index (κ2) is 16.4. The number of benzene rings is 6. The van der Waals surface area contributed by atoms with Gasteiger partial charge in [0.1, 0.15) is 40.6 Å². The van der Waals surface area contributed by atoms with E-state index in [1.165, 1.54) is 38.5 Å². The fourth-order valence-electron chi connectivity index (χ4n) is 5.82. The van der Waals surface area contributed by atoms with Gasteiger partial charge in [-0.25, -0.2) is 57.5 Å². The minimum absolute atomic E-state index is 0.108. The van der Waals surface area contributed by atoms with Gasteiger partial charge in [-0.15, -0.1) is 0 Å². The Hall–Kier alpha value is -6.65. The van der Waals surface area contributed by atoms with Crippen molar-refractivity contribution in [3.8, 4) is 28.4 Å². The minimum Gasteiger partial charge on any atom is -0.497 e. The average Bonchev–Trinajstić information content (AvgIpc) is 3.22. The molecule has 0 bridgehead atoms. The zero-order valence-corrected chi connectivity index (χ0v) is 29.3. The van der Waals surface area contributed by atoms with E-state index in [1.807, 2.05) is 0 Å². The second-order valence-electron chi connectivity index (χ2n) is 12.1. The van der Waals surface area contributed by atoms with Gasteiger partial charge in [0.25, 0.3) is 0 Å². The van der Waals surface area contributed by atoms with Gasteiger partial charge < -0.3 is 18.9 Å². The van der Waals surface area contributed by atoms with Crippen molar-refractivity contribution in [1.29, 1.82) is 0 Å². The predicted octanol–water partition coefficient (Wildman–Crippen LogP) is 11.2. The van der Waals surface area contributed by atoms with Crippen molar-refractivity contribution in [2.24, 2.45) is 0 Å². The van der Waals surface area contributed by atoms with Crippen molar-refractivity contribution in [2.75, 3.05) is 14.2 Å². The number of esters is 1. The molecule has 0 fully saturated rings. The Kier molecular flexibility index (Phi) is 11.6. The molecule has 0 aliphatic carbocycles. The molecule has 0 atom stereocenters. The molecule has 58 heavy (non-hydrogen) atoms. The van der Waals surface area contributed by atoms with Crippen LogP contribution in [0, 0.1) is 69.8 Å². The maximum Gasteiger partial charge on any atom is 0.345 e. The molecule has 0 unspecified atom stereocenters. The van der Waals surface area contributed by atoms with Crippen molar-refractivity contribution in [1.82, 2.24) is 0 Å². The monoisotopic (exact) mass is 822 g/mol. The topological polar surface area (TPSA) is 54.0 Å². The Bertz CT molecular complexity index is 2330. The number of halogens is 12. The van der Waals surface area contributed by atoms with Crippen LogP contribution in [0.25, 0.3) is 11.1 Å². The highest BCUT2D eigenvalue weighted by Crippen LogP contribution is 2.40. The Morgan fingerprint density at radius 3 is 1.14 bits per heavy atom. The molecular formula is C41H22F12O5. The third-order valence-electron chi connectivity index (χ3n) is 8.76. The molecule has 0 spiro atoms. The van der Waals surface area contributed by atoms with Crippen LogP contribution < -0.4 is 14.2 Å². The summed E-state index contributed by atoms with van der Waals surface area (Å²) in [6, 6.07) is 20.7. The van der Waals surface area contributed by atoms with E-state index >= 15 is 8.78 Å². The molecule has 0 aliphatic heterocycles. The van der Waals surface area contributed by atoms with E-state index in [0.717, 1.165) is 0 Å². The Morgan fingerprint density at radius 1 is 0.431 bits per heavy atom. The Balaban J connectivity index is 1.33. The van der Waals surface area contributed by atoms with Gasteiger partial charge in [0.15, 0.2) is 52.6 Å². The van der Waals surface area contributed by atoms with Crippen LogP contribution in [-0.4, -0.2) is 20.2 Å². The third-order valence-corrected chi connectivity index (χ3v) is 8.76. The molecule has 0 radical (unpaired) electrons. The second-order valence-corrected chi connectivity index (χ2v) is 12.1. The lowest BCUT2D eigenvalue weighted by atomic mass is 9.97. The van der Waals surface area contributed by atoms with Gasteiger partial charge >= 0.3 is 5.97 Å². The van der Waals surface area contributed by atoms with E-state index in [0.29, 0.717) is 34.8 Å². The number of rotatable bonds is 11. The molecule has 0 N–H and O–H groups in total. The average molecular weight is 823 g/mol. The van der Waals surface area contributed by atoms with Crippen LogP contribution in [0.4, 0.5) is 52.7 Å². The fraction of sp³-hybridized carbons (Fsp3) is 0.0976. The molecule has 0 aliphatic rings. The lowest BCUT2D eigenvalue weighted by Gasteiger charge is -2.22. The maximum absolute atomic E-state index is 15.5. The van der Waals surface area contributed by atoms with Gasteiger partial charge in [0.05, 0.1) is 25.3 Å². The predicted molar refractivity (Wildman–Crippen MR) is 180 cm³/mol. The van der Waals surface area contributed by atoms with Crippen LogP contribution in [0.3, 0.4) is 0 Å². The Labute approximate surface area is 319 Å². The van der Waals surface area contributed by atoms with E-state index in [4.69, 9.17) is 14.2 Å². The van der Waals surface area contributed by atoms with Gasteiger partial charge in [-0.2, -0.15) is 0 Å². The highest BCUT2D eigenvalue weighted by Gasteiger charge is 2.40. The van der Waals surface area contributed by atoms with E-state index in [2.05, 4.69) is 4.74 Å². The van der Waals surface area contributed by atoms with Crippen molar-refractivity contribution >= 4 is 5.97 Å². The molecule has 0 aromatic heterocycles. The minimum atomic E-state index is -3.69. The summed E-state index contributed by atoms with van der Waals surface area (Å²) in [5.74, 6) is -33.0. The van der Waals surface area contributed by atoms with Crippen molar-refractivity contribution < 1.29 is 76.4 Å². The smallest absolute Gasteiger partial charge is 0.345 e. The quantitative estimate of drug-likeness (QED) is 0.0564. The van der Waals surface area contributed by atoms with Crippen molar-refractivity contribution in [3.05, 3.63) is 183 Å². The first kappa shape index (κ1) is 41.0. The van der Waals surface area contributed by atoms with Gasteiger partial charge in [-0.3, -0.25) is 0 Å². The van der Waals surface area contributed by atoms with E-state index in [9.17, 15) is 48.7 Å². The number of methoxy groups -OCH3 is 2. The highest BCUT2D eigenvalue weighted by atomic mass is 19.2. The summed E-state index contributed by atoms with van der Waals surface area (Å²) < 4.78 is 196. The van der Waals surface area contributed by atoms with E-state index in [-0.39, 0.29) is 16.9 Å². The highest BCUT2D eigenvalue weighted by molar-refractivity contribution is 5.91. The first-order chi connectivity index (χ1) is 27.6.